The second kappa shape index (κ2) is 4.78. The van der Waals surface area contributed by atoms with Crippen LogP contribution in [0.1, 0.15) is 5.76 Å². The minimum Gasteiger partial charge on any atom is -0.452 e. The summed E-state index contributed by atoms with van der Waals surface area (Å²) < 4.78 is 7.85. The van der Waals surface area contributed by atoms with E-state index in [4.69, 9.17) is 10.2 Å². The molecule has 20 heavy (non-hydrogen) atoms. The largest absolute Gasteiger partial charge is 0.452 e. The maximum absolute atomic E-state index is 5.94. The molecule has 0 aliphatic heterocycles. The Labute approximate surface area is 123 Å². The topological polar surface area (TPSA) is 86.0 Å². The second-order valence-corrected chi connectivity index (χ2v) is 5.26. The fraction of sp³-hybridized carbons (Fsp3) is 0.250. The van der Waals surface area contributed by atoms with Gasteiger partial charge in [0, 0.05) is 14.1 Å². The highest BCUT2D eigenvalue weighted by Gasteiger charge is 2.13. The normalized spacial score (nSPS) is 11.2. The summed E-state index contributed by atoms with van der Waals surface area (Å²) in [7, 11) is 3.70. The first-order chi connectivity index (χ1) is 9.54. The van der Waals surface area contributed by atoms with Crippen LogP contribution in [-0.4, -0.2) is 26.8 Å². The number of hydrogen-bond donors (Lipinski definition) is 1. The quantitative estimate of drug-likeness (QED) is 0.786. The van der Waals surface area contributed by atoms with E-state index in [2.05, 4.69) is 31.0 Å². The molecule has 0 fully saturated rings. The standard InChI is InChI=1S/C12H13BrN6O/c1-18(6-7-3-4-9(13)20-7)12-16-10(14)8-5-15-19(2)11(8)17-12/h3-5H,6H2,1-2H3,(H2,14,16,17). The summed E-state index contributed by atoms with van der Waals surface area (Å²) in [5.74, 6) is 1.77. The van der Waals surface area contributed by atoms with Crippen LogP contribution in [0, 0.1) is 0 Å². The van der Waals surface area contributed by atoms with Crippen LogP contribution in [0.5, 0.6) is 0 Å². The van der Waals surface area contributed by atoms with E-state index in [1.807, 2.05) is 31.1 Å². The number of nitrogens with two attached hydrogens (primary N) is 1. The zero-order valence-corrected chi connectivity index (χ0v) is 12.6. The molecule has 0 aromatic carbocycles. The molecule has 0 unspecified atom stereocenters. The van der Waals surface area contributed by atoms with Crippen molar-refractivity contribution in [3.05, 3.63) is 28.8 Å². The number of anilines is 2. The van der Waals surface area contributed by atoms with Gasteiger partial charge in [0.2, 0.25) is 5.95 Å². The number of hydrogen-bond acceptors (Lipinski definition) is 6. The predicted octanol–water partition coefficient (Wildman–Crippen LogP) is 1.94. The number of aryl methyl sites for hydroxylation is 1. The molecule has 3 rings (SSSR count). The maximum atomic E-state index is 5.94. The average Bonchev–Trinajstić information content (AvgIpc) is 2.97. The molecule has 0 atom stereocenters. The van der Waals surface area contributed by atoms with Crippen molar-refractivity contribution in [3.8, 4) is 0 Å². The molecule has 0 aliphatic rings. The van der Waals surface area contributed by atoms with Gasteiger partial charge in [-0.25, -0.2) is 0 Å². The fourth-order valence-electron chi connectivity index (χ4n) is 1.94. The molecule has 0 bridgehead atoms. The third-order valence-electron chi connectivity index (χ3n) is 2.97. The average molecular weight is 337 g/mol. The lowest BCUT2D eigenvalue weighted by molar-refractivity contribution is 0.485. The Morgan fingerprint density at radius 1 is 1.40 bits per heavy atom. The van der Waals surface area contributed by atoms with E-state index in [0.717, 1.165) is 11.1 Å². The van der Waals surface area contributed by atoms with E-state index >= 15 is 0 Å². The first kappa shape index (κ1) is 12.9. The van der Waals surface area contributed by atoms with E-state index in [0.29, 0.717) is 28.6 Å². The van der Waals surface area contributed by atoms with Crippen molar-refractivity contribution in [2.45, 2.75) is 6.54 Å². The van der Waals surface area contributed by atoms with E-state index in [1.165, 1.54) is 0 Å². The number of rotatable bonds is 3. The van der Waals surface area contributed by atoms with E-state index in [-0.39, 0.29) is 0 Å². The van der Waals surface area contributed by atoms with E-state index < -0.39 is 0 Å². The number of aromatic nitrogens is 4. The molecular formula is C12H13BrN6O. The molecule has 0 amide bonds. The molecular weight excluding hydrogens is 324 g/mol. The molecule has 3 aromatic heterocycles. The second-order valence-electron chi connectivity index (χ2n) is 4.48. The molecule has 7 nitrogen and oxygen atoms in total. The van der Waals surface area contributed by atoms with Crippen LogP contribution in [0.4, 0.5) is 11.8 Å². The van der Waals surface area contributed by atoms with E-state index in [1.54, 1.807) is 10.9 Å². The van der Waals surface area contributed by atoms with Gasteiger partial charge in [-0.05, 0) is 28.1 Å². The van der Waals surface area contributed by atoms with Gasteiger partial charge in [0.05, 0.1) is 18.1 Å². The van der Waals surface area contributed by atoms with Crippen LogP contribution in [0.15, 0.2) is 27.4 Å². The Morgan fingerprint density at radius 2 is 2.20 bits per heavy atom. The lowest BCUT2D eigenvalue weighted by atomic mass is 10.4. The van der Waals surface area contributed by atoms with Gasteiger partial charge in [-0.3, -0.25) is 4.68 Å². The van der Waals surface area contributed by atoms with Gasteiger partial charge in [-0.2, -0.15) is 15.1 Å². The third-order valence-corrected chi connectivity index (χ3v) is 3.40. The highest BCUT2D eigenvalue weighted by Crippen LogP contribution is 2.22. The summed E-state index contributed by atoms with van der Waals surface area (Å²) in [5, 5.41) is 4.89. The zero-order chi connectivity index (χ0) is 14.3. The Balaban J connectivity index is 1.94. The minimum absolute atomic E-state index is 0.422. The van der Waals surface area contributed by atoms with Crippen molar-refractivity contribution in [2.75, 3.05) is 17.7 Å². The molecule has 2 N–H and O–H groups in total. The molecule has 0 saturated carbocycles. The molecule has 0 spiro atoms. The van der Waals surface area contributed by atoms with Gasteiger partial charge in [-0.15, -0.1) is 0 Å². The Hall–Kier alpha value is -2.09. The monoisotopic (exact) mass is 336 g/mol. The third kappa shape index (κ3) is 2.22. The summed E-state index contributed by atoms with van der Waals surface area (Å²) in [6, 6.07) is 3.75. The smallest absolute Gasteiger partial charge is 0.229 e. The van der Waals surface area contributed by atoms with Gasteiger partial charge in [0.25, 0.3) is 0 Å². The maximum Gasteiger partial charge on any atom is 0.229 e. The summed E-state index contributed by atoms with van der Waals surface area (Å²) in [4.78, 5) is 10.7. The summed E-state index contributed by atoms with van der Waals surface area (Å²) >= 11 is 3.28. The fourth-order valence-corrected chi connectivity index (χ4v) is 2.28. The summed E-state index contributed by atoms with van der Waals surface area (Å²) in [5.41, 5.74) is 6.65. The predicted molar refractivity (Wildman–Crippen MR) is 79.2 cm³/mol. The van der Waals surface area contributed by atoms with Crippen LogP contribution in [0.2, 0.25) is 0 Å². The number of furan rings is 1. The first-order valence-electron chi connectivity index (χ1n) is 5.95. The van der Waals surface area contributed by atoms with Gasteiger partial charge in [0.15, 0.2) is 10.3 Å². The number of nitrogen functional groups attached to an aromatic ring is 1. The van der Waals surface area contributed by atoms with Crippen molar-refractivity contribution in [1.82, 2.24) is 19.7 Å². The van der Waals surface area contributed by atoms with Gasteiger partial charge in [-0.1, -0.05) is 0 Å². The lowest BCUT2D eigenvalue weighted by Gasteiger charge is -2.16. The van der Waals surface area contributed by atoms with Crippen LogP contribution in [0.25, 0.3) is 11.0 Å². The van der Waals surface area contributed by atoms with Gasteiger partial charge >= 0.3 is 0 Å². The first-order valence-corrected chi connectivity index (χ1v) is 6.74. The summed E-state index contributed by atoms with van der Waals surface area (Å²) in [6.45, 7) is 0.550. The van der Waals surface area contributed by atoms with Crippen LogP contribution >= 0.6 is 15.9 Å². The number of fused-ring (bicyclic) bond motifs is 1. The molecule has 0 saturated heterocycles. The van der Waals surface area contributed by atoms with Crippen LogP contribution in [0.3, 0.4) is 0 Å². The highest BCUT2D eigenvalue weighted by atomic mass is 79.9. The molecule has 104 valence electrons. The lowest BCUT2D eigenvalue weighted by Crippen LogP contribution is -2.19. The van der Waals surface area contributed by atoms with Crippen molar-refractivity contribution < 1.29 is 4.42 Å². The molecule has 8 heteroatoms. The minimum atomic E-state index is 0.422. The van der Waals surface area contributed by atoms with E-state index in [9.17, 15) is 0 Å². The molecule has 0 radical (unpaired) electrons. The van der Waals surface area contributed by atoms with Crippen molar-refractivity contribution in [3.63, 3.8) is 0 Å². The number of halogens is 1. The van der Waals surface area contributed by atoms with Gasteiger partial charge < -0.3 is 15.1 Å². The summed E-state index contributed by atoms with van der Waals surface area (Å²) in [6.07, 6.45) is 1.66. The zero-order valence-electron chi connectivity index (χ0n) is 11.0. The van der Waals surface area contributed by atoms with Gasteiger partial charge in [0.1, 0.15) is 11.6 Å². The number of nitrogens with zero attached hydrogens (tertiary/aromatic N) is 5. The molecule has 0 aliphatic carbocycles. The van der Waals surface area contributed by atoms with Crippen molar-refractivity contribution in [2.24, 2.45) is 7.05 Å². The van der Waals surface area contributed by atoms with Crippen LogP contribution in [-0.2, 0) is 13.6 Å². The molecule has 3 aromatic rings. The van der Waals surface area contributed by atoms with Crippen molar-refractivity contribution in [1.29, 1.82) is 0 Å². The van der Waals surface area contributed by atoms with Crippen molar-refractivity contribution >= 4 is 38.7 Å². The Bertz CT molecular complexity index is 764. The SMILES string of the molecule is CN(Cc1ccc(Br)o1)c1nc(N)c2cnn(C)c2n1. The Kier molecular flexibility index (Phi) is 3.09. The van der Waals surface area contributed by atoms with Crippen LogP contribution < -0.4 is 10.6 Å². The Morgan fingerprint density at radius 3 is 2.90 bits per heavy atom. The highest BCUT2D eigenvalue weighted by molar-refractivity contribution is 9.10. The molecule has 3 heterocycles.